The zero-order valence-electron chi connectivity index (χ0n) is 16.2. The summed E-state index contributed by atoms with van der Waals surface area (Å²) in [5.41, 5.74) is 1.10. The van der Waals surface area contributed by atoms with Crippen molar-refractivity contribution >= 4 is 0 Å². The van der Waals surface area contributed by atoms with Gasteiger partial charge in [-0.3, -0.25) is 0 Å². The van der Waals surface area contributed by atoms with Crippen LogP contribution in [0.2, 0.25) is 0 Å². The summed E-state index contributed by atoms with van der Waals surface area (Å²) in [6.45, 7) is 0. The first-order valence-corrected chi connectivity index (χ1v) is 9.80. The Morgan fingerprint density at radius 1 is 0.333 bits per heavy atom. The average Bonchev–Trinajstić information content (AvgIpc) is 2.86. The zero-order valence-corrected chi connectivity index (χ0v) is 16.2. The van der Waals surface area contributed by atoms with Crippen molar-refractivity contribution in [1.29, 1.82) is 0 Å². The smallest absolute Gasteiger partial charge is 0.183 e. The van der Waals surface area contributed by atoms with Crippen molar-refractivity contribution in [3.8, 4) is 0 Å². The van der Waals surface area contributed by atoms with Gasteiger partial charge in [0, 0.05) is 0 Å². The molecule has 30 heavy (non-hydrogen) atoms. The fraction of sp³-hybridized carbons (Fsp3) is 0.0769. The van der Waals surface area contributed by atoms with Gasteiger partial charge in [-0.05, 0) is 32.3 Å². The molecular formula is C26H20O4. The Labute approximate surface area is 175 Å². The van der Waals surface area contributed by atoms with Crippen LogP contribution in [0, 0.1) is 0 Å². The third kappa shape index (κ3) is 2.78. The van der Waals surface area contributed by atoms with Crippen LogP contribution in [0.3, 0.4) is 0 Å². The van der Waals surface area contributed by atoms with E-state index in [9.17, 15) is 0 Å². The standard InChI is InChI=1S/C26H20O4/c1-5-13-21(14-6-1)25(22-15-7-2-8-16-22)26(28-30-29-27-25,23-17-9-3-10-18-23)24-19-11-4-12-20-24/h1-20H. The lowest BCUT2D eigenvalue weighted by molar-refractivity contribution is -0.719. The predicted octanol–water partition coefficient (Wildman–Crippen LogP) is 5.70. The largest absolute Gasteiger partial charge is 0.197 e. The van der Waals surface area contributed by atoms with Crippen molar-refractivity contribution in [2.75, 3.05) is 0 Å². The van der Waals surface area contributed by atoms with E-state index in [0.717, 1.165) is 22.3 Å². The van der Waals surface area contributed by atoms with Crippen LogP contribution in [0.1, 0.15) is 22.3 Å². The topological polar surface area (TPSA) is 36.9 Å². The van der Waals surface area contributed by atoms with Crippen LogP contribution in [0.5, 0.6) is 0 Å². The van der Waals surface area contributed by atoms with Crippen LogP contribution >= 0.6 is 0 Å². The summed E-state index contributed by atoms with van der Waals surface area (Å²) in [5.74, 6) is 0. The summed E-state index contributed by atoms with van der Waals surface area (Å²) in [6, 6.07) is 39.7. The summed E-state index contributed by atoms with van der Waals surface area (Å²) in [6.07, 6.45) is 0. The Kier molecular flexibility index (Phi) is 4.91. The summed E-state index contributed by atoms with van der Waals surface area (Å²) in [7, 11) is 0. The molecule has 1 heterocycles. The molecule has 0 aliphatic carbocycles. The van der Waals surface area contributed by atoms with Crippen LogP contribution in [0.4, 0.5) is 0 Å². The monoisotopic (exact) mass is 396 g/mol. The van der Waals surface area contributed by atoms with Gasteiger partial charge >= 0.3 is 0 Å². The lowest BCUT2D eigenvalue weighted by atomic mass is 9.66. The van der Waals surface area contributed by atoms with Gasteiger partial charge in [-0.25, -0.2) is 0 Å². The molecule has 4 aromatic rings. The van der Waals surface area contributed by atoms with Crippen LogP contribution in [-0.4, -0.2) is 0 Å². The Morgan fingerprint density at radius 2 is 0.567 bits per heavy atom. The molecule has 4 nitrogen and oxygen atoms in total. The van der Waals surface area contributed by atoms with Crippen LogP contribution < -0.4 is 0 Å². The Bertz CT molecular complexity index is 913. The highest BCUT2D eigenvalue weighted by molar-refractivity contribution is 5.51. The average molecular weight is 396 g/mol. The molecule has 0 atom stereocenters. The molecule has 0 saturated carbocycles. The Hall–Kier alpha value is -3.28. The van der Waals surface area contributed by atoms with E-state index in [1.54, 1.807) is 0 Å². The first-order valence-electron chi connectivity index (χ1n) is 9.80. The molecular weight excluding hydrogens is 376 g/mol. The molecule has 1 aliphatic rings. The van der Waals surface area contributed by atoms with Crippen molar-refractivity contribution in [2.24, 2.45) is 0 Å². The molecule has 0 bridgehead atoms. The number of hydrogen-bond acceptors (Lipinski definition) is 4. The molecule has 1 aliphatic heterocycles. The van der Waals surface area contributed by atoms with Gasteiger partial charge in [0.15, 0.2) is 11.2 Å². The maximum atomic E-state index is 6.12. The molecule has 0 amide bonds. The van der Waals surface area contributed by atoms with Gasteiger partial charge in [0.1, 0.15) is 0 Å². The van der Waals surface area contributed by atoms with Gasteiger partial charge < -0.3 is 0 Å². The van der Waals surface area contributed by atoms with Crippen molar-refractivity contribution < 1.29 is 19.9 Å². The molecule has 0 spiro atoms. The second kappa shape index (κ2) is 7.86. The minimum absolute atomic E-state index is 0.868. The second-order valence-corrected chi connectivity index (χ2v) is 7.13. The van der Waals surface area contributed by atoms with Gasteiger partial charge in [-0.2, -0.15) is 9.78 Å². The van der Waals surface area contributed by atoms with Crippen molar-refractivity contribution in [2.45, 2.75) is 11.2 Å². The number of rotatable bonds is 4. The molecule has 4 aromatic carbocycles. The van der Waals surface area contributed by atoms with E-state index < -0.39 is 11.2 Å². The lowest BCUT2D eigenvalue weighted by Crippen LogP contribution is -2.57. The lowest BCUT2D eigenvalue weighted by Gasteiger charge is -2.49. The zero-order chi connectivity index (χ0) is 20.3. The summed E-state index contributed by atoms with van der Waals surface area (Å²) >= 11 is 0. The summed E-state index contributed by atoms with van der Waals surface area (Å²) in [4.78, 5) is 12.2. The molecule has 5 rings (SSSR count). The summed E-state index contributed by atoms with van der Waals surface area (Å²) in [5, 5.41) is 10.1. The molecule has 148 valence electrons. The van der Waals surface area contributed by atoms with Gasteiger partial charge in [-0.1, -0.05) is 121 Å². The Morgan fingerprint density at radius 3 is 0.800 bits per heavy atom. The van der Waals surface area contributed by atoms with Crippen molar-refractivity contribution in [3.05, 3.63) is 144 Å². The third-order valence-electron chi connectivity index (χ3n) is 5.56. The maximum Gasteiger partial charge on any atom is 0.197 e. The van der Waals surface area contributed by atoms with E-state index in [4.69, 9.17) is 19.9 Å². The van der Waals surface area contributed by atoms with Gasteiger partial charge in [-0.15, -0.1) is 0 Å². The third-order valence-corrected chi connectivity index (χ3v) is 5.56. The number of hydrogen-bond donors (Lipinski definition) is 0. The maximum absolute atomic E-state index is 6.12. The SMILES string of the molecule is c1ccc(C2(c3ccccc3)OOOOC2(c2ccccc2)c2ccccc2)cc1. The second-order valence-electron chi connectivity index (χ2n) is 7.13. The highest BCUT2D eigenvalue weighted by Gasteiger charge is 2.63. The first kappa shape index (κ1) is 18.7. The van der Waals surface area contributed by atoms with Crippen LogP contribution in [0.25, 0.3) is 0 Å². The van der Waals surface area contributed by atoms with Crippen LogP contribution in [-0.2, 0) is 31.1 Å². The van der Waals surface area contributed by atoms with E-state index in [1.807, 2.05) is 121 Å². The predicted molar refractivity (Wildman–Crippen MR) is 112 cm³/mol. The molecule has 0 N–H and O–H groups in total. The van der Waals surface area contributed by atoms with Crippen molar-refractivity contribution in [3.63, 3.8) is 0 Å². The van der Waals surface area contributed by atoms with E-state index in [1.165, 1.54) is 0 Å². The van der Waals surface area contributed by atoms with Gasteiger partial charge in [0.2, 0.25) is 0 Å². The van der Waals surface area contributed by atoms with Crippen molar-refractivity contribution in [1.82, 2.24) is 0 Å². The van der Waals surface area contributed by atoms with Gasteiger partial charge in [0.25, 0.3) is 0 Å². The molecule has 0 aromatic heterocycles. The molecule has 0 radical (unpaired) electrons. The first-order chi connectivity index (χ1) is 14.9. The molecule has 1 fully saturated rings. The highest BCUT2D eigenvalue weighted by atomic mass is 17.7. The quantitative estimate of drug-likeness (QED) is 0.415. The minimum atomic E-state index is -1.18. The normalized spacial score (nSPS) is 17.3. The minimum Gasteiger partial charge on any atom is -0.183 e. The molecule has 0 unspecified atom stereocenters. The van der Waals surface area contributed by atoms with E-state index in [0.29, 0.717) is 0 Å². The van der Waals surface area contributed by atoms with E-state index >= 15 is 0 Å². The van der Waals surface area contributed by atoms with E-state index in [2.05, 4.69) is 0 Å². The highest BCUT2D eigenvalue weighted by Crippen LogP contribution is 2.56. The fourth-order valence-corrected chi connectivity index (χ4v) is 4.28. The molecule has 1 saturated heterocycles. The number of benzene rings is 4. The molecule has 4 heteroatoms. The Balaban J connectivity index is 1.92. The van der Waals surface area contributed by atoms with Gasteiger partial charge in [0.05, 0.1) is 0 Å². The summed E-state index contributed by atoms with van der Waals surface area (Å²) < 4.78 is 0. The fourth-order valence-electron chi connectivity index (χ4n) is 4.28. The van der Waals surface area contributed by atoms with E-state index in [-0.39, 0.29) is 0 Å². The van der Waals surface area contributed by atoms with Crippen LogP contribution in [0.15, 0.2) is 121 Å².